The van der Waals surface area contributed by atoms with Gasteiger partial charge in [-0.05, 0) is 38.2 Å². The average Bonchev–Trinajstić information content (AvgIpc) is 2.66. The first-order valence-corrected chi connectivity index (χ1v) is 8.65. The lowest BCUT2D eigenvalue weighted by molar-refractivity contribution is -0.134. The first-order chi connectivity index (χ1) is 12.8. The Morgan fingerprint density at radius 3 is 1.52 bits per heavy atom. The molecule has 2 aromatic rings. The van der Waals surface area contributed by atoms with E-state index in [-0.39, 0.29) is 5.41 Å². The molecule has 2 N–H and O–H groups in total. The molecule has 0 heterocycles. The molecule has 0 spiro atoms. The second-order valence-corrected chi connectivity index (χ2v) is 6.63. The highest BCUT2D eigenvalue weighted by Crippen LogP contribution is 2.35. The van der Waals surface area contributed by atoms with Crippen LogP contribution in [-0.2, 0) is 15.0 Å². The molecule has 0 aliphatic rings. The number of nitrogens with zero attached hydrogens (tertiary/aromatic N) is 1. The van der Waals surface area contributed by atoms with Gasteiger partial charge in [0.15, 0.2) is 0 Å². The lowest BCUT2D eigenvalue weighted by atomic mass is 9.74. The van der Waals surface area contributed by atoms with Crippen LogP contribution in [-0.4, -0.2) is 47.7 Å². The van der Waals surface area contributed by atoms with Crippen molar-refractivity contribution in [3.63, 3.8) is 0 Å². The van der Waals surface area contributed by atoms with Gasteiger partial charge in [0.25, 0.3) is 0 Å². The molecule has 0 aliphatic carbocycles. The summed E-state index contributed by atoms with van der Waals surface area (Å²) in [5.41, 5.74) is 2.86. The second-order valence-electron chi connectivity index (χ2n) is 6.63. The Balaban J connectivity index is 0.000000387. The fourth-order valence-electron chi connectivity index (χ4n) is 2.66. The van der Waals surface area contributed by atoms with Crippen molar-refractivity contribution in [1.29, 1.82) is 0 Å². The van der Waals surface area contributed by atoms with E-state index < -0.39 is 11.9 Å². The Kier molecular flexibility index (Phi) is 8.96. The molecular weight excluding hydrogens is 342 g/mol. The maximum Gasteiger partial charge on any atom is 0.328 e. The van der Waals surface area contributed by atoms with E-state index in [9.17, 15) is 9.59 Å². The standard InChI is InChI=1S/C18H23N.C4H4O4/c1-18(14-15-19(2)3,16-10-6-4-7-11-16)17-12-8-5-9-13-17;5-3(6)1-2-4(7)8/h4-13H,14-15H2,1-3H3;1-2H,(H,5,6)(H,7,8)/b;2-1+. The van der Waals surface area contributed by atoms with Crippen LogP contribution in [0.4, 0.5) is 0 Å². The number of rotatable bonds is 7. The Morgan fingerprint density at radius 2 is 1.22 bits per heavy atom. The van der Waals surface area contributed by atoms with Crippen molar-refractivity contribution < 1.29 is 19.8 Å². The molecule has 0 fully saturated rings. The van der Waals surface area contributed by atoms with Gasteiger partial charge in [0.2, 0.25) is 0 Å². The SMILES string of the molecule is CN(C)CCC(C)(c1ccccc1)c1ccccc1.O=C(O)/C=C/C(=O)O. The number of hydrogen-bond acceptors (Lipinski definition) is 3. The van der Waals surface area contributed by atoms with Crippen LogP contribution >= 0.6 is 0 Å². The van der Waals surface area contributed by atoms with Gasteiger partial charge in [-0.25, -0.2) is 9.59 Å². The fraction of sp³-hybridized carbons (Fsp3) is 0.273. The summed E-state index contributed by atoms with van der Waals surface area (Å²) in [7, 11) is 4.27. The van der Waals surface area contributed by atoms with Crippen LogP contribution in [0.15, 0.2) is 72.8 Å². The van der Waals surface area contributed by atoms with Crippen molar-refractivity contribution in [2.75, 3.05) is 20.6 Å². The third-order valence-corrected chi connectivity index (χ3v) is 4.25. The number of carboxylic acids is 2. The molecule has 5 nitrogen and oxygen atoms in total. The van der Waals surface area contributed by atoms with E-state index in [1.165, 1.54) is 11.1 Å². The molecule has 27 heavy (non-hydrogen) atoms. The molecule has 0 saturated heterocycles. The molecule has 0 bridgehead atoms. The summed E-state index contributed by atoms with van der Waals surface area (Å²) in [6, 6.07) is 21.6. The van der Waals surface area contributed by atoms with Gasteiger partial charge >= 0.3 is 11.9 Å². The first-order valence-electron chi connectivity index (χ1n) is 8.65. The topological polar surface area (TPSA) is 77.8 Å². The third-order valence-electron chi connectivity index (χ3n) is 4.25. The Labute approximate surface area is 160 Å². The highest BCUT2D eigenvalue weighted by Gasteiger charge is 2.28. The Morgan fingerprint density at radius 1 is 0.852 bits per heavy atom. The Bertz CT molecular complexity index is 684. The quantitative estimate of drug-likeness (QED) is 0.729. The van der Waals surface area contributed by atoms with Gasteiger partial charge in [-0.3, -0.25) is 0 Å². The summed E-state index contributed by atoms with van der Waals surface area (Å²) >= 11 is 0. The van der Waals surface area contributed by atoms with Gasteiger partial charge in [-0.1, -0.05) is 67.6 Å². The number of carboxylic acid groups (broad SMARTS) is 2. The molecule has 144 valence electrons. The number of benzene rings is 2. The van der Waals surface area contributed by atoms with Crippen molar-refractivity contribution in [3.8, 4) is 0 Å². The van der Waals surface area contributed by atoms with Gasteiger partial charge < -0.3 is 15.1 Å². The molecular formula is C22H27NO4. The minimum Gasteiger partial charge on any atom is -0.478 e. The molecule has 0 unspecified atom stereocenters. The highest BCUT2D eigenvalue weighted by atomic mass is 16.4. The molecule has 2 rings (SSSR count). The van der Waals surface area contributed by atoms with Crippen LogP contribution in [0.2, 0.25) is 0 Å². The van der Waals surface area contributed by atoms with Crippen molar-refractivity contribution in [3.05, 3.63) is 83.9 Å². The molecule has 0 aromatic heterocycles. The zero-order valence-corrected chi connectivity index (χ0v) is 16.0. The van der Waals surface area contributed by atoms with E-state index in [4.69, 9.17) is 10.2 Å². The smallest absolute Gasteiger partial charge is 0.328 e. The van der Waals surface area contributed by atoms with Crippen molar-refractivity contribution in [1.82, 2.24) is 4.90 Å². The van der Waals surface area contributed by atoms with Crippen LogP contribution < -0.4 is 0 Å². The van der Waals surface area contributed by atoms with E-state index in [1.54, 1.807) is 0 Å². The molecule has 2 aromatic carbocycles. The molecule has 0 saturated carbocycles. The summed E-state index contributed by atoms with van der Waals surface area (Å²) in [6.45, 7) is 3.43. The van der Waals surface area contributed by atoms with Crippen molar-refractivity contribution >= 4 is 11.9 Å². The van der Waals surface area contributed by atoms with E-state index in [0.29, 0.717) is 12.2 Å². The van der Waals surface area contributed by atoms with Crippen LogP contribution in [0.1, 0.15) is 24.5 Å². The number of hydrogen-bond donors (Lipinski definition) is 2. The van der Waals surface area contributed by atoms with Crippen LogP contribution in [0.5, 0.6) is 0 Å². The van der Waals surface area contributed by atoms with Crippen LogP contribution in [0.3, 0.4) is 0 Å². The normalized spacial score (nSPS) is 11.1. The van der Waals surface area contributed by atoms with Crippen molar-refractivity contribution in [2.24, 2.45) is 0 Å². The van der Waals surface area contributed by atoms with E-state index >= 15 is 0 Å². The summed E-state index contributed by atoms with van der Waals surface area (Å²) < 4.78 is 0. The number of aliphatic carboxylic acids is 2. The van der Waals surface area contributed by atoms with Gasteiger partial charge in [-0.15, -0.1) is 0 Å². The lowest BCUT2D eigenvalue weighted by Gasteiger charge is -2.32. The van der Waals surface area contributed by atoms with Gasteiger partial charge in [0.05, 0.1) is 0 Å². The summed E-state index contributed by atoms with van der Waals surface area (Å²) in [4.78, 5) is 21.4. The largest absolute Gasteiger partial charge is 0.478 e. The van der Waals surface area contributed by atoms with E-state index in [1.807, 2.05) is 0 Å². The zero-order valence-electron chi connectivity index (χ0n) is 16.0. The predicted molar refractivity (Wildman–Crippen MR) is 107 cm³/mol. The van der Waals surface area contributed by atoms with Crippen LogP contribution in [0, 0.1) is 0 Å². The Hall–Kier alpha value is -2.92. The van der Waals surface area contributed by atoms with Gasteiger partial charge in [0.1, 0.15) is 0 Å². The first kappa shape index (κ1) is 22.1. The third kappa shape index (κ3) is 7.88. The molecule has 0 radical (unpaired) electrons. The molecule has 0 aliphatic heterocycles. The molecule has 0 amide bonds. The zero-order chi connectivity index (χ0) is 20.3. The minimum absolute atomic E-state index is 0.0762. The molecule has 5 heteroatoms. The monoisotopic (exact) mass is 369 g/mol. The maximum absolute atomic E-state index is 9.55. The van der Waals surface area contributed by atoms with E-state index in [0.717, 1.165) is 13.0 Å². The van der Waals surface area contributed by atoms with Crippen LogP contribution in [0.25, 0.3) is 0 Å². The van der Waals surface area contributed by atoms with Gasteiger partial charge in [-0.2, -0.15) is 0 Å². The van der Waals surface area contributed by atoms with Crippen molar-refractivity contribution in [2.45, 2.75) is 18.8 Å². The summed E-state index contributed by atoms with van der Waals surface area (Å²) in [5, 5.41) is 15.6. The predicted octanol–water partition coefficient (Wildman–Crippen LogP) is 3.66. The average molecular weight is 369 g/mol. The van der Waals surface area contributed by atoms with E-state index in [2.05, 4.69) is 86.6 Å². The second kappa shape index (κ2) is 10.9. The fourth-order valence-corrected chi connectivity index (χ4v) is 2.66. The highest BCUT2D eigenvalue weighted by molar-refractivity contribution is 5.89. The van der Waals surface area contributed by atoms with Gasteiger partial charge in [0, 0.05) is 17.6 Å². The number of carbonyl (C=O) groups is 2. The maximum atomic E-state index is 9.55. The summed E-state index contributed by atoms with van der Waals surface area (Å²) in [6.07, 6.45) is 2.23. The summed E-state index contributed by atoms with van der Waals surface area (Å²) in [5.74, 6) is -2.51. The lowest BCUT2D eigenvalue weighted by Crippen LogP contribution is -2.29. The minimum atomic E-state index is -1.26. The molecule has 0 atom stereocenters.